The van der Waals surface area contributed by atoms with E-state index in [1.165, 1.54) is 25.7 Å². The molecule has 1 saturated carbocycles. The van der Waals surface area contributed by atoms with Crippen LogP contribution in [0.4, 0.5) is 0 Å². The van der Waals surface area contributed by atoms with Crippen molar-refractivity contribution in [1.82, 2.24) is 15.5 Å². The van der Waals surface area contributed by atoms with E-state index in [4.69, 9.17) is 0 Å². The number of amides is 2. The molecule has 1 aliphatic carbocycles. The second-order valence-corrected chi connectivity index (χ2v) is 5.94. The minimum atomic E-state index is 0.109. The molecular weight excluding hydrogens is 254 g/mol. The zero-order chi connectivity index (χ0) is 14.4. The van der Waals surface area contributed by atoms with Crippen LogP contribution in [0.3, 0.4) is 0 Å². The van der Waals surface area contributed by atoms with Crippen LogP contribution in [0.2, 0.25) is 0 Å². The summed E-state index contributed by atoms with van der Waals surface area (Å²) in [6.07, 6.45) is 7.27. The van der Waals surface area contributed by atoms with Crippen molar-refractivity contribution in [2.75, 3.05) is 19.6 Å². The SMILES string of the molecule is CCC(=O)NC1CCN(C(=O)CNC2CCCC2)CC1. The normalized spacial score (nSPS) is 21.1. The van der Waals surface area contributed by atoms with Crippen molar-refractivity contribution in [3.63, 3.8) is 0 Å². The Hall–Kier alpha value is -1.10. The maximum Gasteiger partial charge on any atom is 0.236 e. The first-order valence-electron chi connectivity index (χ1n) is 7.99. The number of carbonyl (C=O) groups excluding carboxylic acids is 2. The summed E-state index contributed by atoms with van der Waals surface area (Å²) in [4.78, 5) is 25.4. The van der Waals surface area contributed by atoms with Crippen molar-refractivity contribution < 1.29 is 9.59 Å². The Bertz CT molecular complexity index is 332. The van der Waals surface area contributed by atoms with Gasteiger partial charge in [0, 0.05) is 31.6 Å². The lowest BCUT2D eigenvalue weighted by molar-refractivity contribution is -0.131. The van der Waals surface area contributed by atoms with E-state index in [0.717, 1.165) is 25.9 Å². The smallest absolute Gasteiger partial charge is 0.236 e. The Morgan fingerprint density at radius 1 is 1.05 bits per heavy atom. The highest BCUT2D eigenvalue weighted by atomic mass is 16.2. The van der Waals surface area contributed by atoms with Gasteiger partial charge in [-0.1, -0.05) is 19.8 Å². The first kappa shape index (κ1) is 15.3. The predicted octanol–water partition coefficient (Wildman–Crippen LogP) is 1.04. The molecule has 0 radical (unpaired) electrons. The molecule has 0 bridgehead atoms. The van der Waals surface area contributed by atoms with E-state index in [1.807, 2.05) is 11.8 Å². The first-order valence-corrected chi connectivity index (χ1v) is 7.99. The number of hydrogen-bond acceptors (Lipinski definition) is 3. The first-order chi connectivity index (χ1) is 9.69. The van der Waals surface area contributed by atoms with Gasteiger partial charge in [-0.25, -0.2) is 0 Å². The summed E-state index contributed by atoms with van der Waals surface area (Å²) in [7, 11) is 0. The van der Waals surface area contributed by atoms with Crippen LogP contribution in [-0.4, -0.2) is 48.4 Å². The summed E-state index contributed by atoms with van der Waals surface area (Å²) in [5.41, 5.74) is 0. The molecule has 2 aliphatic rings. The Morgan fingerprint density at radius 3 is 2.30 bits per heavy atom. The second kappa shape index (κ2) is 7.62. The molecule has 114 valence electrons. The molecular formula is C15H27N3O2. The van der Waals surface area contributed by atoms with Gasteiger partial charge in [0.05, 0.1) is 6.54 Å². The van der Waals surface area contributed by atoms with Gasteiger partial charge in [0.2, 0.25) is 11.8 Å². The molecule has 5 nitrogen and oxygen atoms in total. The van der Waals surface area contributed by atoms with Gasteiger partial charge in [-0.3, -0.25) is 9.59 Å². The molecule has 2 rings (SSSR count). The predicted molar refractivity (Wildman–Crippen MR) is 78.3 cm³/mol. The van der Waals surface area contributed by atoms with Gasteiger partial charge in [0.15, 0.2) is 0 Å². The third kappa shape index (κ3) is 4.47. The third-order valence-corrected chi connectivity index (χ3v) is 4.43. The van der Waals surface area contributed by atoms with Crippen LogP contribution in [0.25, 0.3) is 0 Å². The number of rotatable bonds is 5. The van der Waals surface area contributed by atoms with E-state index < -0.39 is 0 Å². The number of nitrogens with one attached hydrogen (secondary N) is 2. The monoisotopic (exact) mass is 281 g/mol. The number of hydrogen-bond donors (Lipinski definition) is 2. The molecule has 1 saturated heterocycles. The lowest BCUT2D eigenvalue weighted by Crippen LogP contribution is -2.49. The van der Waals surface area contributed by atoms with Crippen molar-refractivity contribution in [3.05, 3.63) is 0 Å². The Balaban J connectivity index is 1.64. The van der Waals surface area contributed by atoms with Gasteiger partial charge in [-0.15, -0.1) is 0 Å². The number of piperidine rings is 1. The summed E-state index contributed by atoms with van der Waals surface area (Å²) in [5, 5.41) is 6.38. The average Bonchev–Trinajstić information content (AvgIpc) is 2.98. The van der Waals surface area contributed by atoms with Crippen LogP contribution >= 0.6 is 0 Å². The topological polar surface area (TPSA) is 61.4 Å². The van der Waals surface area contributed by atoms with Crippen LogP contribution < -0.4 is 10.6 Å². The summed E-state index contributed by atoms with van der Waals surface area (Å²) in [6.45, 7) is 3.86. The molecule has 1 aliphatic heterocycles. The average molecular weight is 281 g/mol. The molecule has 2 N–H and O–H groups in total. The fraction of sp³-hybridized carbons (Fsp3) is 0.867. The summed E-state index contributed by atoms with van der Waals surface area (Å²) in [5.74, 6) is 0.315. The summed E-state index contributed by atoms with van der Waals surface area (Å²) >= 11 is 0. The second-order valence-electron chi connectivity index (χ2n) is 5.94. The van der Waals surface area contributed by atoms with Crippen molar-refractivity contribution >= 4 is 11.8 Å². The molecule has 0 aromatic carbocycles. The Kier molecular flexibility index (Phi) is 5.83. The van der Waals surface area contributed by atoms with E-state index in [2.05, 4.69) is 10.6 Å². The van der Waals surface area contributed by atoms with Crippen molar-refractivity contribution in [2.24, 2.45) is 0 Å². The van der Waals surface area contributed by atoms with Gasteiger partial charge in [0.1, 0.15) is 0 Å². The Morgan fingerprint density at radius 2 is 1.70 bits per heavy atom. The van der Waals surface area contributed by atoms with Crippen molar-refractivity contribution in [1.29, 1.82) is 0 Å². The molecule has 2 fully saturated rings. The summed E-state index contributed by atoms with van der Waals surface area (Å²) < 4.78 is 0. The quantitative estimate of drug-likeness (QED) is 0.791. The number of carbonyl (C=O) groups is 2. The van der Waals surface area contributed by atoms with E-state index >= 15 is 0 Å². The van der Waals surface area contributed by atoms with Gasteiger partial charge in [0.25, 0.3) is 0 Å². The van der Waals surface area contributed by atoms with Crippen molar-refractivity contribution in [2.45, 2.75) is 64.0 Å². The minimum Gasteiger partial charge on any atom is -0.353 e. The molecule has 20 heavy (non-hydrogen) atoms. The van der Waals surface area contributed by atoms with Gasteiger partial charge in [-0.2, -0.15) is 0 Å². The van der Waals surface area contributed by atoms with Crippen LogP contribution in [0.1, 0.15) is 51.9 Å². The molecule has 2 amide bonds. The molecule has 1 heterocycles. The van der Waals surface area contributed by atoms with E-state index in [0.29, 0.717) is 19.0 Å². The Labute approximate surface area is 121 Å². The van der Waals surface area contributed by atoms with E-state index in [1.54, 1.807) is 0 Å². The van der Waals surface area contributed by atoms with Crippen LogP contribution in [-0.2, 0) is 9.59 Å². The zero-order valence-electron chi connectivity index (χ0n) is 12.5. The highest BCUT2D eigenvalue weighted by Crippen LogP contribution is 2.17. The molecule has 5 heteroatoms. The van der Waals surface area contributed by atoms with E-state index in [-0.39, 0.29) is 17.9 Å². The standard InChI is InChI=1S/C15H27N3O2/c1-2-14(19)17-13-7-9-18(10-8-13)15(20)11-16-12-5-3-4-6-12/h12-13,16H,2-11H2,1H3,(H,17,19). The molecule has 0 aromatic heterocycles. The highest BCUT2D eigenvalue weighted by Gasteiger charge is 2.24. The van der Waals surface area contributed by atoms with Gasteiger partial charge >= 0.3 is 0 Å². The summed E-state index contributed by atoms with van der Waals surface area (Å²) in [6, 6.07) is 0.787. The zero-order valence-corrected chi connectivity index (χ0v) is 12.5. The van der Waals surface area contributed by atoms with Gasteiger partial charge in [-0.05, 0) is 25.7 Å². The van der Waals surface area contributed by atoms with Crippen LogP contribution in [0.5, 0.6) is 0 Å². The largest absolute Gasteiger partial charge is 0.353 e. The molecule has 0 atom stereocenters. The molecule has 0 unspecified atom stereocenters. The van der Waals surface area contributed by atoms with Crippen LogP contribution in [0.15, 0.2) is 0 Å². The minimum absolute atomic E-state index is 0.109. The fourth-order valence-electron chi connectivity index (χ4n) is 3.08. The van der Waals surface area contributed by atoms with Gasteiger partial charge < -0.3 is 15.5 Å². The van der Waals surface area contributed by atoms with E-state index in [9.17, 15) is 9.59 Å². The lowest BCUT2D eigenvalue weighted by atomic mass is 10.0. The third-order valence-electron chi connectivity index (χ3n) is 4.43. The number of likely N-dealkylation sites (tertiary alicyclic amines) is 1. The van der Waals surface area contributed by atoms with Crippen LogP contribution in [0, 0.1) is 0 Å². The lowest BCUT2D eigenvalue weighted by Gasteiger charge is -2.32. The van der Waals surface area contributed by atoms with Crippen molar-refractivity contribution in [3.8, 4) is 0 Å². The number of nitrogens with zero attached hydrogens (tertiary/aromatic N) is 1. The fourth-order valence-corrected chi connectivity index (χ4v) is 3.08. The maximum absolute atomic E-state index is 12.1. The maximum atomic E-state index is 12.1. The molecule has 0 spiro atoms. The highest BCUT2D eigenvalue weighted by molar-refractivity contribution is 5.78. The molecule has 0 aromatic rings.